The Balaban J connectivity index is 2.24. The fourth-order valence-electron chi connectivity index (χ4n) is 2.45. The van der Waals surface area contributed by atoms with Crippen LogP contribution >= 0.6 is 34.8 Å². The van der Waals surface area contributed by atoms with Crippen molar-refractivity contribution in [1.29, 1.82) is 0 Å². The van der Waals surface area contributed by atoms with Gasteiger partial charge in [0.2, 0.25) is 0 Å². The van der Waals surface area contributed by atoms with Crippen molar-refractivity contribution in [2.24, 2.45) is 0 Å². The van der Waals surface area contributed by atoms with Crippen LogP contribution in [0.2, 0.25) is 0 Å². The van der Waals surface area contributed by atoms with Gasteiger partial charge in [-0.05, 0) is 12.1 Å². The smallest absolute Gasteiger partial charge is 0.390 e. The second kappa shape index (κ2) is 8.91. The molecule has 15 nitrogen and oxygen atoms in total. The molecule has 5 atom stereocenters. The van der Waals surface area contributed by atoms with Gasteiger partial charge in [0.15, 0.2) is 0 Å². The summed E-state index contributed by atoms with van der Waals surface area (Å²) in [6.45, 7) is 0. The number of aromatic nitrogens is 2. The molecule has 7 N–H and O–H groups in total. The van der Waals surface area contributed by atoms with Crippen LogP contribution in [-0.2, 0) is 27.1 Å². The Bertz CT molecular complexity index is 1030. The molecule has 1 aromatic rings. The highest BCUT2D eigenvalue weighted by atomic mass is 35.5. The Kier molecular flexibility index (Phi) is 7.52. The molecule has 0 aliphatic carbocycles. The molecule has 0 aromatic carbocycles. The van der Waals surface area contributed by atoms with E-state index in [2.05, 4.69) is 13.6 Å². The number of ether oxygens (including phenoxy) is 1. The monoisotopic (exact) mass is 511 g/mol. The van der Waals surface area contributed by atoms with Gasteiger partial charge in [-0.15, -0.1) is 11.6 Å². The van der Waals surface area contributed by atoms with Crippen LogP contribution in [0.5, 0.6) is 0 Å². The van der Waals surface area contributed by atoms with Crippen molar-refractivity contribution in [2.45, 2.75) is 24.4 Å². The molecule has 170 valence electrons. The molecular weight excluding hydrogens is 495 g/mol. The van der Waals surface area contributed by atoms with E-state index in [-0.39, 0.29) is 12.2 Å². The minimum atomic E-state index is -5.64. The highest BCUT2D eigenvalue weighted by molar-refractivity contribution is 7.69. The van der Waals surface area contributed by atoms with E-state index in [0.29, 0.717) is 5.82 Å². The summed E-state index contributed by atoms with van der Waals surface area (Å²) in [6, 6.07) is 1.29. The van der Waals surface area contributed by atoms with Crippen LogP contribution < -0.4 is 11.4 Å². The zero-order valence-electron chi connectivity index (χ0n) is 14.7. The zero-order chi connectivity index (χ0) is 23.0. The first kappa shape index (κ1) is 25.3. The summed E-state index contributed by atoms with van der Waals surface area (Å²) in [5.74, 6) is -0.229. The SMILES string of the molecule is Nc1ccn([C@H]2C[C@H](O)[C@](/C=C/P(=O)(O)OP(=O)(O)OP(=O)(O)O)(CCl)O2)c(=O)n1. The maximum atomic E-state index is 12.0. The van der Waals surface area contributed by atoms with E-state index in [0.717, 1.165) is 10.6 Å². The van der Waals surface area contributed by atoms with Crippen molar-refractivity contribution in [3.8, 4) is 0 Å². The van der Waals surface area contributed by atoms with Gasteiger partial charge in [-0.25, -0.2) is 18.2 Å². The fraction of sp³-hybridized carbons (Fsp3) is 0.455. The van der Waals surface area contributed by atoms with Gasteiger partial charge in [-0.2, -0.15) is 9.29 Å². The van der Waals surface area contributed by atoms with Gasteiger partial charge in [0, 0.05) is 18.4 Å². The summed E-state index contributed by atoms with van der Waals surface area (Å²) in [5.41, 5.74) is 2.76. The van der Waals surface area contributed by atoms with Crippen LogP contribution in [0.25, 0.3) is 0 Å². The lowest BCUT2D eigenvalue weighted by Crippen LogP contribution is -2.39. The Hall–Kier alpha value is -0.920. The molecule has 1 fully saturated rings. The molecule has 0 radical (unpaired) electrons. The number of nitrogens with two attached hydrogens (primary N) is 1. The molecule has 1 aromatic heterocycles. The van der Waals surface area contributed by atoms with E-state index in [9.17, 15) is 33.4 Å². The van der Waals surface area contributed by atoms with Crippen LogP contribution in [0.3, 0.4) is 0 Å². The number of nitrogen functional groups attached to an aromatic ring is 1. The predicted octanol–water partition coefficient (Wildman–Crippen LogP) is 0.00830. The fourth-order valence-corrected chi connectivity index (χ4v) is 6.08. The van der Waals surface area contributed by atoms with Crippen molar-refractivity contribution in [2.75, 3.05) is 11.6 Å². The van der Waals surface area contributed by atoms with Gasteiger partial charge in [-0.1, -0.05) is 0 Å². The molecule has 0 amide bonds. The molecule has 2 unspecified atom stereocenters. The molecule has 0 spiro atoms. The molecule has 30 heavy (non-hydrogen) atoms. The largest absolute Gasteiger partial charge is 0.488 e. The second-order valence-corrected chi connectivity index (χ2v) is 10.9. The van der Waals surface area contributed by atoms with E-state index in [1.165, 1.54) is 12.3 Å². The lowest BCUT2D eigenvalue weighted by Gasteiger charge is -2.26. The van der Waals surface area contributed by atoms with Crippen LogP contribution in [-0.4, -0.2) is 51.8 Å². The number of rotatable bonds is 8. The minimum Gasteiger partial charge on any atom is -0.390 e. The quantitative estimate of drug-likeness (QED) is 0.199. The van der Waals surface area contributed by atoms with Crippen LogP contribution in [0, 0.1) is 0 Å². The maximum absolute atomic E-state index is 12.0. The first-order valence-corrected chi connectivity index (χ1v) is 12.9. The average molecular weight is 512 g/mol. The summed E-state index contributed by atoms with van der Waals surface area (Å²) in [4.78, 5) is 51.3. The first-order chi connectivity index (χ1) is 13.6. The minimum absolute atomic E-state index is 0.0531. The summed E-state index contributed by atoms with van der Waals surface area (Å²) < 4.78 is 47.9. The first-order valence-electron chi connectivity index (χ1n) is 7.68. The van der Waals surface area contributed by atoms with Gasteiger partial charge in [-0.3, -0.25) is 9.13 Å². The number of aliphatic hydroxyl groups excluding tert-OH is 1. The molecule has 19 heteroatoms. The van der Waals surface area contributed by atoms with Crippen LogP contribution in [0.1, 0.15) is 12.6 Å². The van der Waals surface area contributed by atoms with Crippen LogP contribution in [0.15, 0.2) is 29.0 Å². The lowest BCUT2D eigenvalue weighted by atomic mass is 9.99. The molecule has 2 rings (SSSR count). The van der Waals surface area contributed by atoms with Gasteiger partial charge in [0.25, 0.3) is 0 Å². The van der Waals surface area contributed by atoms with Crippen molar-refractivity contribution >= 4 is 40.7 Å². The van der Waals surface area contributed by atoms with E-state index >= 15 is 0 Å². The molecular formula is C11H17ClN3O12P3. The van der Waals surface area contributed by atoms with Crippen molar-refractivity contribution < 1.29 is 51.7 Å². The number of nitrogens with zero attached hydrogens (tertiary/aromatic N) is 2. The average Bonchev–Trinajstić information content (AvgIpc) is 2.86. The molecule has 1 saturated heterocycles. The zero-order valence-corrected chi connectivity index (χ0v) is 18.1. The standard InChI is InChI=1S/C11H17ClN3O12P3/c12-6-11(2-4-28(18,19)26-30(23,24)27-29(20,21)22)7(16)5-9(25-11)15-3-1-8(13)14-10(15)17/h1-4,7,9,16H,5-6H2,(H,18,19)(H,23,24)(H2,13,14,17)(H2,20,21,22)/b4-2+/t7-,9+,11-/m0/s1. The predicted molar refractivity (Wildman–Crippen MR) is 100 cm³/mol. The van der Waals surface area contributed by atoms with E-state index in [4.69, 9.17) is 31.9 Å². The van der Waals surface area contributed by atoms with E-state index < -0.39 is 52.7 Å². The number of aliphatic hydroxyl groups is 1. The summed E-state index contributed by atoms with van der Waals surface area (Å²) in [6.07, 6.45) is -0.687. The van der Waals surface area contributed by atoms with Crippen molar-refractivity contribution in [3.63, 3.8) is 0 Å². The van der Waals surface area contributed by atoms with E-state index in [1.54, 1.807) is 0 Å². The Morgan fingerprint density at radius 3 is 2.50 bits per heavy atom. The molecule has 1 aliphatic rings. The Morgan fingerprint density at radius 1 is 1.33 bits per heavy atom. The summed E-state index contributed by atoms with van der Waals surface area (Å²) in [5, 5.41) is 10.3. The van der Waals surface area contributed by atoms with Crippen molar-refractivity contribution in [1.82, 2.24) is 9.55 Å². The van der Waals surface area contributed by atoms with Gasteiger partial charge in [0.05, 0.1) is 12.0 Å². The maximum Gasteiger partial charge on any atom is 0.488 e. The Morgan fingerprint density at radius 2 is 1.97 bits per heavy atom. The lowest BCUT2D eigenvalue weighted by molar-refractivity contribution is -0.0581. The number of phosphoric acid groups is 2. The van der Waals surface area contributed by atoms with Crippen LogP contribution in [0.4, 0.5) is 5.82 Å². The third-order valence-electron chi connectivity index (χ3n) is 3.69. The molecule has 0 bridgehead atoms. The second-order valence-electron chi connectivity index (χ2n) is 5.96. The molecule has 0 saturated carbocycles. The number of hydrogen-bond donors (Lipinski definition) is 6. The highest BCUT2D eigenvalue weighted by Gasteiger charge is 2.48. The summed E-state index contributed by atoms with van der Waals surface area (Å²) >= 11 is 5.82. The third kappa shape index (κ3) is 6.54. The van der Waals surface area contributed by atoms with E-state index in [1.807, 2.05) is 0 Å². The molecule has 1 aliphatic heterocycles. The number of anilines is 1. The topological polar surface area (TPSA) is 241 Å². The number of hydrogen-bond acceptors (Lipinski definition) is 10. The van der Waals surface area contributed by atoms with Gasteiger partial charge in [0.1, 0.15) is 17.6 Å². The normalized spacial score (nSPS) is 29.0. The van der Waals surface area contributed by atoms with Gasteiger partial charge < -0.3 is 35.2 Å². The number of halogens is 1. The third-order valence-corrected chi connectivity index (χ3v) is 8.07. The van der Waals surface area contributed by atoms with Crippen molar-refractivity contribution in [3.05, 3.63) is 34.6 Å². The highest BCUT2D eigenvalue weighted by Crippen LogP contribution is 2.66. The van der Waals surface area contributed by atoms with Gasteiger partial charge >= 0.3 is 28.9 Å². The Labute approximate surface area is 173 Å². The summed E-state index contributed by atoms with van der Waals surface area (Å²) in [7, 11) is -16.3. The molecule has 2 heterocycles. The number of alkyl halides is 1.